The molecular formula is C21H27N5. The Labute approximate surface area is 154 Å². The van der Waals surface area contributed by atoms with E-state index >= 15 is 0 Å². The number of nitrogens with one attached hydrogen (secondary N) is 1. The highest BCUT2D eigenvalue weighted by Gasteiger charge is 2.31. The van der Waals surface area contributed by atoms with E-state index in [9.17, 15) is 0 Å². The van der Waals surface area contributed by atoms with Crippen LogP contribution in [0.4, 0.5) is 0 Å². The van der Waals surface area contributed by atoms with Gasteiger partial charge in [0.15, 0.2) is 0 Å². The molecule has 0 saturated heterocycles. The van der Waals surface area contributed by atoms with E-state index in [0.717, 1.165) is 42.7 Å². The van der Waals surface area contributed by atoms with Gasteiger partial charge in [0.1, 0.15) is 5.82 Å². The Morgan fingerprint density at radius 2 is 2.15 bits per heavy atom. The number of H-pyrrole nitrogens is 1. The molecule has 26 heavy (non-hydrogen) atoms. The Kier molecular flexibility index (Phi) is 5.00. The van der Waals surface area contributed by atoms with E-state index in [1.807, 2.05) is 24.4 Å². The maximum atomic E-state index is 6.15. The Morgan fingerprint density at radius 1 is 1.27 bits per heavy atom. The monoisotopic (exact) mass is 349 g/mol. The van der Waals surface area contributed by atoms with Gasteiger partial charge in [-0.15, -0.1) is 0 Å². The molecule has 2 unspecified atom stereocenters. The first kappa shape index (κ1) is 17.2. The van der Waals surface area contributed by atoms with E-state index in [-0.39, 0.29) is 0 Å². The third-order valence-corrected chi connectivity index (χ3v) is 5.55. The summed E-state index contributed by atoms with van der Waals surface area (Å²) in [5, 5.41) is 0. The normalized spacial score (nSPS) is 18.2. The van der Waals surface area contributed by atoms with Crippen LogP contribution in [0.1, 0.15) is 49.3 Å². The minimum Gasteiger partial charge on any atom is -0.341 e. The van der Waals surface area contributed by atoms with Gasteiger partial charge in [-0.05, 0) is 49.4 Å². The van der Waals surface area contributed by atoms with Crippen LogP contribution < -0.4 is 5.73 Å². The van der Waals surface area contributed by atoms with Crippen LogP contribution in [0.3, 0.4) is 0 Å². The molecule has 2 aromatic heterocycles. The van der Waals surface area contributed by atoms with Crippen molar-refractivity contribution in [1.29, 1.82) is 0 Å². The van der Waals surface area contributed by atoms with E-state index in [2.05, 4.69) is 35.0 Å². The summed E-state index contributed by atoms with van der Waals surface area (Å²) in [5.41, 5.74) is 10.9. The van der Waals surface area contributed by atoms with Crippen molar-refractivity contribution in [3.8, 4) is 0 Å². The number of nitrogens with two attached hydrogens (primary N) is 1. The molecule has 3 N–H and O–H groups in total. The van der Waals surface area contributed by atoms with Crippen LogP contribution in [-0.4, -0.2) is 32.4 Å². The molecule has 4 rings (SSSR count). The van der Waals surface area contributed by atoms with Crippen molar-refractivity contribution in [2.45, 2.75) is 51.2 Å². The molecule has 5 heteroatoms. The van der Waals surface area contributed by atoms with Crippen molar-refractivity contribution in [1.82, 2.24) is 19.9 Å². The summed E-state index contributed by atoms with van der Waals surface area (Å²) >= 11 is 0. The van der Waals surface area contributed by atoms with Gasteiger partial charge < -0.3 is 10.7 Å². The number of hydrogen-bond acceptors (Lipinski definition) is 4. The Balaban J connectivity index is 1.69. The number of hydrogen-bond donors (Lipinski definition) is 2. The van der Waals surface area contributed by atoms with Gasteiger partial charge in [-0.25, -0.2) is 4.98 Å². The van der Waals surface area contributed by atoms with Crippen LogP contribution in [0.2, 0.25) is 0 Å². The first-order valence-electron chi connectivity index (χ1n) is 9.63. The average Bonchev–Trinajstić information content (AvgIpc) is 3.10. The van der Waals surface area contributed by atoms with Crippen LogP contribution in [-0.2, 0) is 13.0 Å². The van der Waals surface area contributed by atoms with Gasteiger partial charge in [-0.2, -0.15) is 0 Å². The van der Waals surface area contributed by atoms with Crippen molar-refractivity contribution in [3.05, 3.63) is 59.7 Å². The zero-order valence-corrected chi connectivity index (χ0v) is 15.4. The van der Waals surface area contributed by atoms with E-state index in [4.69, 9.17) is 15.7 Å². The molecule has 0 fully saturated rings. The maximum Gasteiger partial charge on any atom is 0.121 e. The molecule has 0 spiro atoms. The summed E-state index contributed by atoms with van der Waals surface area (Å²) in [7, 11) is 0. The van der Waals surface area contributed by atoms with Crippen molar-refractivity contribution >= 4 is 11.0 Å². The largest absolute Gasteiger partial charge is 0.341 e. The van der Waals surface area contributed by atoms with Crippen LogP contribution in [0.5, 0.6) is 0 Å². The summed E-state index contributed by atoms with van der Waals surface area (Å²) < 4.78 is 0. The molecule has 2 atom stereocenters. The number of benzene rings is 1. The molecule has 0 bridgehead atoms. The third kappa shape index (κ3) is 3.24. The molecule has 0 aliphatic heterocycles. The third-order valence-electron chi connectivity index (χ3n) is 5.55. The van der Waals surface area contributed by atoms with Crippen molar-refractivity contribution in [2.75, 3.05) is 6.54 Å². The van der Waals surface area contributed by atoms with E-state index in [1.165, 1.54) is 17.7 Å². The molecule has 0 amide bonds. The maximum absolute atomic E-state index is 6.15. The van der Waals surface area contributed by atoms with Gasteiger partial charge in [-0.3, -0.25) is 9.88 Å². The second-order valence-electron chi connectivity index (χ2n) is 7.13. The lowest BCUT2D eigenvalue weighted by Crippen LogP contribution is -2.43. The topological polar surface area (TPSA) is 70.8 Å². The second-order valence-corrected chi connectivity index (χ2v) is 7.13. The van der Waals surface area contributed by atoms with Gasteiger partial charge in [0.05, 0.1) is 29.3 Å². The number of fused-ring (bicyclic) bond motifs is 2. The zero-order chi connectivity index (χ0) is 17.9. The Morgan fingerprint density at radius 3 is 2.96 bits per heavy atom. The number of aromatic nitrogens is 3. The molecular weight excluding hydrogens is 322 g/mol. The number of imidazole rings is 1. The van der Waals surface area contributed by atoms with Crippen molar-refractivity contribution < 1.29 is 0 Å². The SMILES string of the molecule is CCC(CN)N(Cc1nc2ccccc2[nH]1)C1CCCc2cccnc21. The molecule has 136 valence electrons. The highest BCUT2D eigenvalue weighted by atomic mass is 15.2. The summed E-state index contributed by atoms with van der Waals surface area (Å²) in [4.78, 5) is 15.5. The van der Waals surface area contributed by atoms with Gasteiger partial charge in [-0.1, -0.05) is 25.1 Å². The Bertz CT molecular complexity index is 834. The minimum atomic E-state index is 0.307. The van der Waals surface area contributed by atoms with Gasteiger partial charge in [0, 0.05) is 18.8 Å². The molecule has 0 radical (unpaired) electrons. The van der Waals surface area contributed by atoms with Crippen LogP contribution in [0.15, 0.2) is 42.6 Å². The summed E-state index contributed by atoms with van der Waals surface area (Å²) in [5.74, 6) is 1.00. The number of aryl methyl sites for hydroxylation is 1. The molecule has 3 aromatic rings. The predicted octanol–water partition coefficient (Wildman–Crippen LogP) is 3.57. The smallest absolute Gasteiger partial charge is 0.121 e. The second kappa shape index (κ2) is 7.56. The van der Waals surface area contributed by atoms with Crippen LogP contribution in [0.25, 0.3) is 11.0 Å². The fourth-order valence-corrected chi connectivity index (χ4v) is 4.19. The molecule has 1 aliphatic rings. The fourth-order valence-electron chi connectivity index (χ4n) is 4.19. The number of pyridine rings is 1. The van der Waals surface area contributed by atoms with E-state index in [1.54, 1.807) is 0 Å². The lowest BCUT2D eigenvalue weighted by molar-refractivity contribution is 0.105. The number of aromatic amines is 1. The molecule has 1 aliphatic carbocycles. The van der Waals surface area contributed by atoms with Crippen molar-refractivity contribution in [3.63, 3.8) is 0 Å². The number of para-hydroxylation sites is 2. The minimum absolute atomic E-state index is 0.307. The van der Waals surface area contributed by atoms with E-state index in [0.29, 0.717) is 18.6 Å². The molecule has 2 heterocycles. The predicted molar refractivity (Wildman–Crippen MR) is 105 cm³/mol. The lowest BCUT2D eigenvalue weighted by Gasteiger charge is -2.39. The summed E-state index contributed by atoms with van der Waals surface area (Å²) in [6.45, 7) is 3.63. The standard InChI is InChI=1S/C21H27N5/c1-2-16(13-22)26(14-20-24-17-9-3-4-10-18(17)25-20)19-11-5-7-15-8-6-12-23-21(15)19/h3-4,6,8-10,12,16,19H,2,5,7,11,13-14,22H2,1H3,(H,24,25). The summed E-state index contributed by atoms with van der Waals surface area (Å²) in [6, 6.07) is 13.1. The lowest BCUT2D eigenvalue weighted by atomic mass is 9.89. The molecule has 1 aromatic carbocycles. The fraction of sp³-hybridized carbons (Fsp3) is 0.429. The number of rotatable bonds is 6. The average molecular weight is 349 g/mol. The van der Waals surface area contributed by atoms with Crippen molar-refractivity contribution in [2.24, 2.45) is 5.73 Å². The quantitative estimate of drug-likeness (QED) is 0.714. The molecule has 0 saturated carbocycles. The number of nitrogens with zero attached hydrogens (tertiary/aromatic N) is 3. The zero-order valence-electron chi connectivity index (χ0n) is 15.4. The van der Waals surface area contributed by atoms with Gasteiger partial charge in [0.2, 0.25) is 0 Å². The Hall–Kier alpha value is -2.24. The summed E-state index contributed by atoms with van der Waals surface area (Å²) in [6.07, 6.45) is 6.38. The van der Waals surface area contributed by atoms with E-state index < -0.39 is 0 Å². The highest BCUT2D eigenvalue weighted by molar-refractivity contribution is 5.74. The van der Waals surface area contributed by atoms with Gasteiger partial charge >= 0.3 is 0 Å². The first-order valence-corrected chi connectivity index (χ1v) is 9.63. The highest BCUT2D eigenvalue weighted by Crippen LogP contribution is 2.35. The van der Waals surface area contributed by atoms with Crippen LogP contribution in [0, 0.1) is 0 Å². The first-order chi connectivity index (χ1) is 12.8. The van der Waals surface area contributed by atoms with Gasteiger partial charge in [0.25, 0.3) is 0 Å². The van der Waals surface area contributed by atoms with Crippen LogP contribution >= 0.6 is 0 Å². The molecule has 5 nitrogen and oxygen atoms in total.